The van der Waals surface area contributed by atoms with Gasteiger partial charge in [0.15, 0.2) is 11.7 Å². The summed E-state index contributed by atoms with van der Waals surface area (Å²) < 4.78 is 1.84. The molecule has 0 fully saturated rings. The number of aryl methyl sites for hydroxylation is 1. The van der Waals surface area contributed by atoms with Gasteiger partial charge in [0.2, 0.25) is 5.91 Å². The minimum absolute atomic E-state index is 0.0723. The number of rotatable bonds is 7. The number of amidine groups is 1. The molecule has 8 nitrogen and oxygen atoms in total. The smallest absolute Gasteiger partial charge is 0.234 e. The van der Waals surface area contributed by atoms with Crippen LogP contribution in [0.2, 0.25) is 0 Å². The molecule has 0 aromatic carbocycles. The maximum Gasteiger partial charge on any atom is 0.234 e. The summed E-state index contributed by atoms with van der Waals surface area (Å²) in [6, 6.07) is 0. The molecule has 0 atom stereocenters. The molecule has 0 radical (unpaired) electrons. The topological polar surface area (TPSA) is 118 Å². The van der Waals surface area contributed by atoms with E-state index in [0.717, 1.165) is 6.54 Å². The quantitative estimate of drug-likeness (QED) is 0.291. The molecule has 0 aliphatic rings. The third-order valence-electron chi connectivity index (χ3n) is 3.68. The number of nitrogens with one attached hydrogen (secondary N) is 1. The summed E-state index contributed by atoms with van der Waals surface area (Å²) in [4.78, 5) is 12.4. The Hall–Kier alpha value is -2.12. The van der Waals surface area contributed by atoms with Gasteiger partial charge in [0.1, 0.15) is 11.7 Å². The number of carbonyl (C=O) groups excluding carboxylic acids is 1. The second-order valence-electron chi connectivity index (χ2n) is 4.49. The van der Waals surface area contributed by atoms with Crippen molar-refractivity contribution in [2.24, 2.45) is 16.3 Å². The van der Waals surface area contributed by atoms with Crippen molar-refractivity contribution in [1.29, 1.82) is 0 Å². The lowest BCUT2D eigenvalue weighted by Crippen LogP contribution is -2.49. The van der Waals surface area contributed by atoms with Gasteiger partial charge < -0.3 is 20.8 Å². The number of hydrogen-bond acceptors (Lipinski definition) is 5. The van der Waals surface area contributed by atoms with Gasteiger partial charge in [-0.3, -0.25) is 4.79 Å². The number of nitrogens with zero attached hydrogens (tertiary/aromatic N) is 4. The Morgan fingerprint density at radius 1 is 1.50 bits per heavy atom. The van der Waals surface area contributed by atoms with Crippen molar-refractivity contribution in [2.75, 3.05) is 0 Å². The summed E-state index contributed by atoms with van der Waals surface area (Å²) in [6.45, 7) is 6.61. The molecule has 0 bridgehead atoms. The monoisotopic (exact) mass is 282 g/mol. The van der Waals surface area contributed by atoms with Gasteiger partial charge in [-0.2, -0.15) is 0 Å². The number of carbonyl (C=O) groups is 1. The summed E-state index contributed by atoms with van der Waals surface area (Å²) >= 11 is 0. The molecule has 20 heavy (non-hydrogen) atoms. The van der Waals surface area contributed by atoms with Gasteiger partial charge in [-0.1, -0.05) is 19.0 Å². The molecule has 0 unspecified atom stereocenters. The molecule has 4 N–H and O–H groups in total. The molecule has 0 aliphatic carbocycles. The molecule has 0 saturated carbocycles. The molecular formula is C12H22N6O2. The lowest BCUT2D eigenvalue weighted by molar-refractivity contribution is -0.128. The van der Waals surface area contributed by atoms with Crippen LogP contribution in [-0.2, 0) is 17.9 Å². The third-order valence-corrected chi connectivity index (χ3v) is 3.68. The number of amides is 1. The molecule has 8 heteroatoms. The molecule has 0 spiro atoms. The largest absolute Gasteiger partial charge is 0.409 e. The fourth-order valence-corrected chi connectivity index (χ4v) is 2.15. The van der Waals surface area contributed by atoms with Crippen LogP contribution in [0.4, 0.5) is 0 Å². The van der Waals surface area contributed by atoms with Gasteiger partial charge in [0.25, 0.3) is 0 Å². The van der Waals surface area contributed by atoms with Crippen molar-refractivity contribution in [3.8, 4) is 0 Å². The highest BCUT2D eigenvalue weighted by Gasteiger charge is 2.39. The van der Waals surface area contributed by atoms with E-state index < -0.39 is 5.41 Å². The van der Waals surface area contributed by atoms with Crippen molar-refractivity contribution in [3.63, 3.8) is 0 Å². The zero-order chi connectivity index (χ0) is 15.2. The molecular weight excluding hydrogens is 260 g/mol. The van der Waals surface area contributed by atoms with Crippen LogP contribution in [-0.4, -0.2) is 31.7 Å². The molecule has 112 valence electrons. The number of nitrogens with two attached hydrogens (primary N) is 1. The van der Waals surface area contributed by atoms with E-state index in [2.05, 4.69) is 20.7 Å². The molecule has 1 rings (SSSR count). The van der Waals surface area contributed by atoms with Gasteiger partial charge in [0, 0.05) is 6.54 Å². The van der Waals surface area contributed by atoms with Crippen LogP contribution < -0.4 is 11.1 Å². The first kappa shape index (κ1) is 15.9. The normalized spacial score (nSPS) is 12.4. The van der Waals surface area contributed by atoms with Crippen LogP contribution in [0.5, 0.6) is 0 Å². The minimum Gasteiger partial charge on any atom is -0.409 e. The molecule has 1 heterocycles. The maximum atomic E-state index is 12.4. The van der Waals surface area contributed by atoms with E-state index in [9.17, 15) is 4.79 Å². The molecule has 1 aromatic heterocycles. The number of aromatic nitrogens is 3. The third kappa shape index (κ3) is 2.89. The SMILES string of the molecule is CCn1cnnc1CNC(=O)C(CC)(CC)C(N)=NO. The van der Waals surface area contributed by atoms with E-state index in [1.807, 2.05) is 25.3 Å². The number of hydrogen-bond donors (Lipinski definition) is 3. The van der Waals surface area contributed by atoms with E-state index in [1.165, 1.54) is 0 Å². The highest BCUT2D eigenvalue weighted by Crippen LogP contribution is 2.27. The van der Waals surface area contributed by atoms with E-state index >= 15 is 0 Å². The Balaban J connectivity index is 2.83. The van der Waals surface area contributed by atoms with Crippen molar-refractivity contribution >= 4 is 11.7 Å². The summed E-state index contributed by atoms with van der Waals surface area (Å²) in [5.74, 6) is 0.321. The van der Waals surface area contributed by atoms with E-state index in [-0.39, 0.29) is 18.3 Å². The fraction of sp³-hybridized carbons (Fsp3) is 0.667. The van der Waals surface area contributed by atoms with E-state index in [4.69, 9.17) is 10.9 Å². The van der Waals surface area contributed by atoms with Gasteiger partial charge in [-0.05, 0) is 19.8 Å². The second-order valence-corrected chi connectivity index (χ2v) is 4.49. The van der Waals surface area contributed by atoms with E-state index in [1.54, 1.807) is 6.33 Å². The lowest BCUT2D eigenvalue weighted by atomic mass is 9.80. The van der Waals surface area contributed by atoms with Crippen LogP contribution in [0.25, 0.3) is 0 Å². The zero-order valence-electron chi connectivity index (χ0n) is 12.1. The molecule has 1 amide bonds. The van der Waals surface area contributed by atoms with Crippen molar-refractivity contribution < 1.29 is 10.0 Å². The van der Waals surface area contributed by atoms with Crippen LogP contribution in [0.3, 0.4) is 0 Å². The molecule has 0 aliphatic heterocycles. The van der Waals surface area contributed by atoms with Gasteiger partial charge in [-0.25, -0.2) is 0 Å². The Labute approximate surface area is 118 Å². The van der Waals surface area contributed by atoms with Crippen molar-refractivity contribution in [3.05, 3.63) is 12.2 Å². The van der Waals surface area contributed by atoms with Crippen LogP contribution in [0.1, 0.15) is 39.4 Å². The van der Waals surface area contributed by atoms with E-state index in [0.29, 0.717) is 18.7 Å². The lowest BCUT2D eigenvalue weighted by Gasteiger charge is -2.28. The highest BCUT2D eigenvalue weighted by molar-refractivity contribution is 6.06. The molecule has 0 saturated heterocycles. The second kappa shape index (κ2) is 6.88. The van der Waals surface area contributed by atoms with Gasteiger partial charge >= 0.3 is 0 Å². The Kier molecular flexibility index (Phi) is 5.48. The average Bonchev–Trinajstić information content (AvgIpc) is 2.93. The van der Waals surface area contributed by atoms with Gasteiger partial charge in [-0.15, -0.1) is 10.2 Å². The first-order valence-corrected chi connectivity index (χ1v) is 6.68. The standard InChI is InChI=1S/C12H22N6O2/c1-4-12(5-2,10(13)17-20)11(19)14-7-9-16-15-8-18(9)6-3/h8,20H,4-7H2,1-3H3,(H2,13,17)(H,14,19). The summed E-state index contributed by atoms with van der Waals surface area (Å²) in [5, 5.41) is 22.4. The summed E-state index contributed by atoms with van der Waals surface area (Å²) in [7, 11) is 0. The predicted molar refractivity (Wildman–Crippen MR) is 74.0 cm³/mol. The Morgan fingerprint density at radius 2 is 2.15 bits per heavy atom. The Morgan fingerprint density at radius 3 is 2.65 bits per heavy atom. The van der Waals surface area contributed by atoms with Crippen LogP contribution >= 0.6 is 0 Å². The number of oxime groups is 1. The first-order chi connectivity index (χ1) is 9.55. The molecule has 1 aromatic rings. The van der Waals surface area contributed by atoms with Gasteiger partial charge in [0.05, 0.1) is 6.54 Å². The fourth-order valence-electron chi connectivity index (χ4n) is 2.15. The summed E-state index contributed by atoms with van der Waals surface area (Å²) in [6.07, 6.45) is 2.51. The van der Waals surface area contributed by atoms with Crippen molar-refractivity contribution in [2.45, 2.75) is 46.7 Å². The van der Waals surface area contributed by atoms with Crippen LogP contribution in [0, 0.1) is 5.41 Å². The maximum absolute atomic E-state index is 12.4. The first-order valence-electron chi connectivity index (χ1n) is 6.68. The minimum atomic E-state index is -0.994. The van der Waals surface area contributed by atoms with Crippen LogP contribution in [0.15, 0.2) is 11.5 Å². The average molecular weight is 282 g/mol. The zero-order valence-corrected chi connectivity index (χ0v) is 12.1. The predicted octanol–water partition coefficient (Wildman–Crippen LogP) is 0.467. The highest BCUT2D eigenvalue weighted by atomic mass is 16.4. The van der Waals surface area contributed by atoms with Crippen molar-refractivity contribution in [1.82, 2.24) is 20.1 Å². The Bertz CT molecular complexity index is 478. The summed E-state index contributed by atoms with van der Waals surface area (Å²) in [5.41, 5.74) is 4.69.